The van der Waals surface area contributed by atoms with Gasteiger partial charge in [-0.05, 0) is 46.8 Å². The molecule has 2 unspecified atom stereocenters. The van der Waals surface area contributed by atoms with E-state index in [2.05, 4.69) is 62.3 Å². The van der Waals surface area contributed by atoms with Crippen molar-refractivity contribution in [3.8, 4) is 0 Å². The lowest BCUT2D eigenvalue weighted by Gasteiger charge is -2.52. The van der Waals surface area contributed by atoms with Crippen molar-refractivity contribution in [1.82, 2.24) is 0 Å². The van der Waals surface area contributed by atoms with E-state index < -0.39 is 0 Å². The van der Waals surface area contributed by atoms with E-state index in [0.717, 1.165) is 0 Å². The Hall–Kier alpha value is -0.0400. The summed E-state index contributed by atoms with van der Waals surface area (Å²) in [5, 5.41) is 10.9. The molecule has 0 aromatic carbocycles. The van der Waals surface area contributed by atoms with Gasteiger partial charge in [0.1, 0.15) is 0 Å². The van der Waals surface area contributed by atoms with Gasteiger partial charge >= 0.3 is 0 Å². The molecule has 0 saturated heterocycles. The van der Waals surface area contributed by atoms with E-state index in [1.807, 2.05) is 13.8 Å². The summed E-state index contributed by atoms with van der Waals surface area (Å²) >= 11 is 0. The average molecular weight is 299 g/mol. The van der Waals surface area contributed by atoms with Crippen LogP contribution in [0.15, 0.2) is 0 Å². The number of aliphatic hydroxyl groups excluding tert-OH is 1. The number of hydrogen-bond acceptors (Lipinski definition) is 1. The summed E-state index contributed by atoms with van der Waals surface area (Å²) in [4.78, 5) is 0. The maximum Gasteiger partial charge on any atom is 0.0606 e. The summed E-state index contributed by atoms with van der Waals surface area (Å²) in [6, 6.07) is 0. The molecule has 21 heavy (non-hydrogen) atoms. The van der Waals surface area contributed by atoms with Crippen molar-refractivity contribution >= 4 is 0 Å². The van der Waals surface area contributed by atoms with Crippen molar-refractivity contribution in [3.63, 3.8) is 0 Å². The fourth-order valence-corrected chi connectivity index (χ4v) is 3.71. The van der Waals surface area contributed by atoms with Gasteiger partial charge < -0.3 is 5.11 Å². The fraction of sp³-hybridized carbons (Fsp3) is 1.00. The zero-order chi connectivity index (χ0) is 17.2. The van der Waals surface area contributed by atoms with Crippen LogP contribution in [0.5, 0.6) is 0 Å². The molecule has 0 amide bonds. The smallest absolute Gasteiger partial charge is 0.0606 e. The summed E-state index contributed by atoms with van der Waals surface area (Å²) in [7, 11) is 0. The Bertz CT molecular complexity index is 273. The van der Waals surface area contributed by atoms with Crippen molar-refractivity contribution < 1.29 is 5.11 Å². The molecule has 1 rings (SSSR count). The van der Waals surface area contributed by atoms with Crippen LogP contribution in [0.1, 0.15) is 89.0 Å². The highest BCUT2D eigenvalue weighted by Gasteiger charge is 2.48. The fourth-order valence-electron chi connectivity index (χ4n) is 3.71. The summed E-state index contributed by atoms with van der Waals surface area (Å²) in [5.74, 6) is 1.54. The second-order valence-electron chi connectivity index (χ2n) is 9.97. The quantitative estimate of drug-likeness (QED) is 0.568. The second kappa shape index (κ2) is 7.02. The Morgan fingerprint density at radius 2 is 0.905 bits per heavy atom. The van der Waals surface area contributed by atoms with Crippen molar-refractivity contribution in [1.29, 1.82) is 0 Å². The first kappa shape index (κ1) is 21.0. The highest BCUT2D eigenvalue weighted by atomic mass is 16.3. The summed E-state index contributed by atoms with van der Waals surface area (Å²) < 4.78 is 0. The third-order valence-electron chi connectivity index (χ3n) is 5.35. The second-order valence-corrected chi connectivity index (χ2v) is 9.97. The Morgan fingerprint density at radius 3 is 1.10 bits per heavy atom. The zero-order valence-corrected chi connectivity index (χ0v) is 16.7. The third kappa shape index (κ3) is 5.58. The molecule has 1 nitrogen and oxygen atoms in total. The van der Waals surface area contributed by atoms with E-state index in [0.29, 0.717) is 23.2 Å². The van der Waals surface area contributed by atoms with Gasteiger partial charge in [0.15, 0.2) is 0 Å². The van der Waals surface area contributed by atoms with Gasteiger partial charge in [-0.15, -0.1) is 0 Å². The Morgan fingerprint density at radius 1 is 0.619 bits per heavy atom. The molecular formula is C20H42O. The van der Waals surface area contributed by atoms with Crippen molar-refractivity contribution in [2.75, 3.05) is 0 Å². The number of hydrogen-bond donors (Lipinski definition) is 1. The lowest BCUT2D eigenvalue weighted by atomic mass is 9.55. The van der Waals surface area contributed by atoms with Crippen molar-refractivity contribution in [2.45, 2.75) is 95.1 Å². The zero-order valence-electron chi connectivity index (χ0n) is 16.7. The Balaban J connectivity index is 0.00000191. The van der Waals surface area contributed by atoms with Crippen LogP contribution in [0.3, 0.4) is 0 Å². The van der Waals surface area contributed by atoms with Gasteiger partial charge in [0.2, 0.25) is 0 Å². The molecule has 0 aromatic heterocycles. The standard InChI is InChI=1S/C18H36O.C2H6/c1-16(2,3)12-10-13(17(4,5)6)15(19)14(11-12)18(7,8)9;1-2/h12-15,19H,10-11H2,1-9H3;1-2H3. The van der Waals surface area contributed by atoms with Gasteiger partial charge in [0.25, 0.3) is 0 Å². The molecule has 2 atom stereocenters. The van der Waals surface area contributed by atoms with Gasteiger partial charge in [0, 0.05) is 0 Å². The van der Waals surface area contributed by atoms with E-state index >= 15 is 0 Å². The highest BCUT2D eigenvalue weighted by molar-refractivity contribution is 4.97. The molecule has 0 aromatic rings. The molecule has 1 aliphatic rings. The van der Waals surface area contributed by atoms with Gasteiger partial charge in [-0.25, -0.2) is 0 Å². The van der Waals surface area contributed by atoms with E-state index in [-0.39, 0.29) is 16.9 Å². The predicted molar refractivity (Wildman–Crippen MR) is 95.4 cm³/mol. The Kier molecular flexibility index (Phi) is 7.01. The van der Waals surface area contributed by atoms with Gasteiger partial charge in [-0.2, -0.15) is 0 Å². The largest absolute Gasteiger partial charge is 0.393 e. The van der Waals surface area contributed by atoms with Gasteiger partial charge in [0.05, 0.1) is 6.10 Å². The summed E-state index contributed by atoms with van der Waals surface area (Å²) in [6.07, 6.45) is 2.18. The minimum absolute atomic E-state index is 0.154. The van der Waals surface area contributed by atoms with Crippen LogP contribution in [0.2, 0.25) is 0 Å². The topological polar surface area (TPSA) is 20.2 Å². The lowest BCUT2D eigenvalue weighted by molar-refractivity contribution is -0.0991. The lowest BCUT2D eigenvalue weighted by Crippen LogP contribution is -2.49. The first-order valence-corrected chi connectivity index (χ1v) is 8.92. The molecule has 1 saturated carbocycles. The van der Waals surface area contributed by atoms with Crippen LogP contribution < -0.4 is 0 Å². The summed E-state index contributed by atoms with van der Waals surface area (Å²) in [5.41, 5.74) is 0.715. The van der Waals surface area contributed by atoms with E-state index in [4.69, 9.17) is 0 Å². The molecule has 1 heteroatoms. The predicted octanol–water partition coefficient (Wildman–Crippen LogP) is 6.15. The third-order valence-corrected chi connectivity index (χ3v) is 5.35. The van der Waals surface area contributed by atoms with Crippen LogP contribution in [-0.4, -0.2) is 11.2 Å². The maximum absolute atomic E-state index is 10.9. The molecule has 0 heterocycles. The van der Waals surface area contributed by atoms with E-state index in [1.165, 1.54) is 12.8 Å². The normalized spacial score (nSPS) is 31.4. The average Bonchev–Trinajstić information content (AvgIpc) is 2.27. The van der Waals surface area contributed by atoms with Crippen LogP contribution >= 0.6 is 0 Å². The minimum Gasteiger partial charge on any atom is -0.393 e. The molecule has 128 valence electrons. The van der Waals surface area contributed by atoms with Crippen LogP contribution in [-0.2, 0) is 0 Å². The monoisotopic (exact) mass is 298 g/mol. The molecule has 1 aliphatic carbocycles. The van der Waals surface area contributed by atoms with E-state index in [1.54, 1.807) is 0 Å². The SMILES string of the molecule is CC.CC(C)(C)C1CC(C(C)(C)C)C(O)C(C(C)(C)C)C1. The Labute approximate surface area is 134 Å². The molecule has 0 aliphatic heterocycles. The van der Waals surface area contributed by atoms with Crippen LogP contribution in [0, 0.1) is 34.0 Å². The first-order valence-electron chi connectivity index (χ1n) is 8.92. The van der Waals surface area contributed by atoms with Gasteiger partial charge in [-0.3, -0.25) is 0 Å². The molecule has 1 fully saturated rings. The van der Waals surface area contributed by atoms with Crippen LogP contribution in [0.4, 0.5) is 0 Å². The highest BCUT2D eigenvalue weighted by Crippen LogP contribution is 2.52. The summed E-state index contributed by atoms with van der Waals surface area (Å²) in [6.45, 7) is 24.8. The van der Waals surface area contributed by atoms with Gasteiger partial charge in [-0.1, -0.05) is 76.2 Å². The van der Waals surface area contributed by atoms with Crippen LogP contribution in [0.25, 0.3) is 0 Å². The molecule has 0 spiro atoms. The molecule has 1 N–H and O–H groups in total. The van der Waals surface area contributed by atoms with Crippen molar-refractivity contribution in [2.24, 2.45) is 34.0 Å². The first-order chi connectivity index (χ1) is 9.24. The minimum atomic E-state index is -0.154. The molecule has 0 bridgehead atoms. The number of aliphatic hydroxyl groups is 1. The maximum atomic E-state index is 10.9. The molecular weight excluding hydrogens is 256 g/mol. The molecule has 0 radical (unpaired) electrons. The van der Waals surface area contributed by atoms with Crippen molar-refractivity contribution in [3.05, 3.63) is 0 Å². The number of rotatable bonds is 0. The van der Waals surface area contributed by atoms with E-state index in [9.17, 15) is 5.11 Å².